The van der Waals surface area contributed by atoms with Gasteiger partial charge in [-0.25, -0.2) is 0 Å². The molecule has 1 saturated carbocycles. The van der Waals surface area contributed by atoms with Gasteiger partial charge in [-0.15, -0.1) is 0 Å². The molecule has 0 heterocycles. The number of aliphatic hydroxyl groups is 2. The summed E-state index contributed by atoms with van der Waals surface area (Å²) < 4.78 is 0. The van der Waals surface area contributed by atoms with Crippen LogP contribution in [0.1, 0.15) is 33.6 Å². The van der Waals surface area contributed by atoms with Crippen LogP contribution >= 0.6 is 0 Å². The van der Waals surface area contributed by atoms with Gasteiger partial charge in [0.2, 0.25) is 0 Å². The van der Waals surface area contributed by atoms with Crippen LogP contribution < -0.4 is 0 Å². The molecular weight excluding hydrogens is 140 g/mol. The van der Waals surface area contributed by atoms with E-state index in [1.807, 2.05) is 20.8 Å². The summed E-state index contributed by atoms with van der Waals surface area (Å²) >= 11 is 0. The van der Waals surface area contributed by atoms with E-state index in [9.17, 15) is 10.2 Å². The van der Waals surface area contributed by atoms with Crippen molar-refractivity contribution in [3.8, 4) is 0 Å². The maximum Gasteiger partial charge on any atom is 0.0626 e. The average molecular weight is 158 g/mol. The maximum atomic E-state index is 9.72. The van der Waals surface area contributed by atoms with E-state index >= 15 is 0 Å². The molecule has 66 valence electrons. The lowest BCUT2D eigenvalue weighted by Crippen LogP contribution is -2.43. The van der Waals surface area contributed by atoms with Gasteiger partial charge in [-0.3, -0.25) is 0 Å². The first-order valence-electron chi connectivity index (χ1n) is 4.33. The fraction of sp³-hybridized carbons (Fsp3) is 1.00. The standard InChI is InChI=1S/C9H18O2/c1-6-4-9(3,11)5-7(2)8(6)10/h6-8,10-11H,4-5H2,1-3H3/t6-,7-,8?,9?/m1/s1. The summed E-state index contributed by atoms with van der Waals surface area (Å²) in [6.45, 7) is 5.84. The Morgan fingerprint density at radius 2 is 1.55 bits per heavy atom. The van der Waals surface area contributed by atoms with Crippen LogP contribution in [0, 0.1) is 11.8 Å². The Morgan fingerprint density at radius 3 is 1.91 bits per heavy atom. The second-order valence-electron chi connectivity index (χ2n) is 4.35. The number of rotatable bonds is 0. The molecule has 0 bridgehead atoms. The highest BCUT2D eigenvalue weighted by molar-refractivity contribution is 4.89. The lowest BCUT2D eigenvalue weighted by Gasteiger charge is -2.39. The zero-order valence-corrected chi connectivity index (χ0v) is 7.54. The van der Waals surface area contributed by atoms with Crippen molar-refractivity contribution in [1.29, 1.82) is 0 Å². The second-order valence-corrected chi connectivity index (χ2v) is 4.35. The zero-order valence-electron chi connectivity index (χ0n) is 7.54. The number of aliphatic hydroxyl groups excluding tert-OH is 1. The molecule has 2 N–H and O–H groups in total. The van der Waals surface area contributed by atoms with Gasteiger partial charge in [-0.1, -0.05) is 13.8 Å². The number of hydrogen-bond donors (Lipinski definition) is 2. The molecule has 0 aromatic rings. The molecular formula is C9H18O2. The predicted octanol–water partition coefficient (Wildman–Crippen LogP) is 1.16. The van der Waals surface area contributed by atoms with Crippen molar-refractivity contribution in [1.82, 2.24) is 0 Å². The lowest BCUT2D eigenvalue weighted by atomic mass is 9.73. The molecule has 0 aromatic heterocycles. The lowest BCUT2D eigenvalue weighted by molar-refractivity contribution is -0.0766. The van der Waals surface area contributed by atoms with Crippen LogP contribution in [0.2, 0.25) is 0 Å². The minimum atomic E-state index is -0.557. The second kappa shape index (κ2) is 2.76. The van der Waals surface area contributed by atoms with Crippen molar-refractivity contribution in [2.24, 2.45) is 11.8 Å². The molecule has 0 radical (unpaired) electrons. The molecule has 0 saturated heterocycles. The third-order valence-corrected chi connectivity index (χ3v) is 2.69. The largest absolute Gasteiger partial charge is 0.393 e. The van der Waals surface area contributed by atoms with Crippen LogP contribution in [0.25, 0.3) is 0 Å². The maximum absolute atomic E-state index is 9.72. The normalized spacial score (nSPS) is 52.6. The molecule has 0 aliphatic heterocycles. The summed E-state index contributed by atoms with van der Waals surface area (Å²) in [5.41, 5.74) is -0.557. The SMILES string of the molecule is C[C@@H]1CC(C)(O)C[C@@H](C)C1O. The molecule has 0 spiro atoms. The number of hydrogen-bond acceptors (Lipinski definition) is 2. The van der Waals surface area contributed by atoms with E-state index < -0.39 is 5.60 Å². The summed E-state index contributed by atoms with van der Waals surface area (Å²) in [6, 6.07) is 0. The van der Waals surface area contributed by atoms with Gasteiger partial charge in [-0.2, -0.15) is 0 Å². The monoisotopic (exact) mass is 158 g/mol. The van der Waals surface area contributed by atoms with Gasteiger partial charge in [-0.05, 0) is 31.6 Å². The van der Waals surface area contributed by atoms with Gasteiger partial charge < -0.3 is 10.2 Å². The van der Waals surface area contributed by atoms with E-state index in [0.29, 0.717) is 0 Å². The molecule has 0 aromatic carbocycles. The zero-order chi connectivity index (χ0) is 8.65. The van der Waals surface area contributed by atoms with Crippen LogP contribution in [-0.2, 0) is 0 Å². The van der Waals surface area contributed by atoms with Crippen LogP contribution in [-0.4, -0.2) is 21.9 Å². The quantitative estimate of drug-likeness (QED) is 0.555. The van der Waals surface area contributed by atoms with Gasteiger partial charge in [0, 0.05) is 0 Å². The van der Waals surface area contributed by atoms with E-state index in [4.69, 9.17) is 0 Å². The highest BCUT2D eigenvalue weighted by atomic mass is 16.3. The van der Waals surface area contributed by atoms with Crippen LogP contribution in [0.3, 0.4) is 0 Å². The summed E-state index contributed by atoms with van der Waals surface area (Å²) in [4.78, 5) is 0. The molecule has 0 amide bonds. The van der Waals surface area contributed by atoms with Crippen LogP contribution in [0.4, 0.5) is 0 Å². The third-order valence-electron chi connectivity index (χ3n) is 2.69. The Kier molecular flexibility index (Phi) is 2.26. The van der Waals surface area contributed by atoms with E-state index in [-0.39, 0.29) is 17.9 Å². The fourth-order valence-electron chi connectivity index (χ4n) is 2.27. The van der Waals surface area contributed by atoms with E-state index in [1.54, 1.807) is 0 Å². The van der Waals surface area contributed by atoms with Gasteiger partial charge in [0.05, 0.1) is 11.7 Å². The Labute approximate surface area is 68.2 Å². The Balaban J connectivity index is 2.62. The van der Waals surface area contributed by atoms with E-state index in [1.165, 1.54) is 0 Å². The van der Waals surface area contributed by atoms with Crippen molar-refractivity contribution < 1.29 is 10.2 Å². The highest BCUT2D eigenvalue weighted by Crippen LogP contribution is 2.35. The van der Waals surface area contributed by atoms with Crippen molar-refractivity contribution in [2.45, 2.75) is 45.3 Å². The molecule has 1 aliphatic rings. The first-order valence-corrected chi connectivity index (χ1v) is 4.33. The Bertz CT molecular complexity index is 128. The van der Waals surface area contributed by atoms with Crippen molar-refractivity contribution in [3.63, 3.8) is 0 Å². The minimum absolute atomic E-state index is 0.227. The van der Waals surface area contributed by atoms with Gasteiger partial charge >= 0.3 is 0 Å². The Morgan fingerprint density at radius 1 is 1.18 bits per heavy atom. The first kappa shape index (κ1) is 9.01. The topological polar surface area (TPSA) is 40.5 Å². The molecule has 2 atom stereocenters. The molecule has 1 fully saturated rings. The smallest absolute Gasteiger partial charge is 0.0626 e. The summed E-state index contributed by atoms with van der Waals surface area (Å²) in [7, 11) is 0. The average Bonchev–Trinajstić information content (AvgIpc) is 1.81. The van der Waals surface area contributed by atoms with Crippen LogP contribution in [0.5, 0.6) is 0 Å². The molecule has 11 heavy (non-hydrogen) atoms. The van der Waals surface area contributed by atoms with Gasteiger partial charge in [0.15, 0.2) is 0 Å². The minimum Gasteiger partial charge on any atom is -0.393 e. The third kappa shape index (κ3) is 1.94. The summed E-state index contributed by atoms with van der Waals surface area (Å²) in [5, 5.41) is 19.3. The Hall–Kier alpha value is -0.0800. The van der Waals surface area contributed by atoms with Gasteiger partial charge in [0.1, 0.15) is 0 Å². The van der Waals surface area contributed by atoms with Gasteiger partial charge in [0.25, 0.3) is 0 Å². The first-order chi connectivity index (χ1) is 4.92. The predicted molar refractivity (Wildman–Crippen MR) is 44.2 cm³/mol. The molecule has 1 rings (SSSR count). The van der Waals surface area contributed by atoms with Crippen molar-refractivity contribution >= 4 is 0 Å². The van der Waals surface area contributed by atoms with Crippen molar-refractivity contribution in [2.75, 3.05) is 0 Å². The summed E-state index contributed by atoms with van der Waals surface area (Å²) in [6.07, 6.45) is 1.21. The van der Waals surface area contributed by atoms with Crippen molar-refractivity contribution in [3.05, 3.63) is 0 Å². The molecule has 2 nitrogen and oxygen atoms in total. The van der Waals surface area contributed by atoms with E-state index in [0.717, 1.165) is 12.8 Å². The molecule has 0 unspecified atom stereocenters. The van der Waals surface area contributed by atoms with E-state index in [2.05, 4.69) is 0 Å². The van der Waals surface area contributed by atoms with Crippen LogP contribution in [0.15, 0.2) is 0 Å². The summed E-state index contributed by atoms with van der Waals surface area (Å²) in [5.74, 6) is 0.461. The molecule has 2 heteroatoms. The highest BCUT2D eigenvalue weighted by Gasteiger charge is 2.37. The molecule has 1 aliphatic carbocycles. The fourth-order valence-corrected chi connectivity index (χ4v) is 2.27.